The maximum Gasteiger partial charge on any atom is 0.378 e. The molecule has 0 aliphatic carbocycles. The van der Waals surface area contributed by atoms with Gasteiger partial charge in [0.05, 0.1) is 12.8 Å². The molecule has 0 fully saturated rings. The van der Waals surface area contributed by atoms with Gasteiger partial charge in [-0.2, -0.15) is 0 Å². The lowest BCUT2D eigenvalue weighted by atomic mass is 10.2. The molecule has 0 bridgehead atoms. The predicted molar refractivity (Wildman–Crippen MR) is 65.4 cm³/mol. The van der Waals surface area contributed by atoms with E-state index in [9.17, 15) is 9.36 Å². The van der Waals surface area contributed by atoms with Crippen LogP contribution >= 0.6 is 7.60 Å². The van der Waals surface area contributed by atoms with Gasteiger partial charge in [-0.3, -0.25) is 4.79 Å². The van der Waals surface area contributed by atoms with Crippen molar-refractivity contribution in [2.24, 2.45) is 5.73 Å². The second-order valence-electron chi connectivity index (χ2n) is 3.32. The first-order chi connectivity index (χ1) is 8.00. The van der Waals surface area contributed by atoms with Gasteiger partial charge in [-0.05, 0) is 31.2 Å². The van der Waals surface area contributed by atoms with Crippen LogP contribution < -0.4 is 10.3 Å². The van der Waals surface area contributed by atoms with Crippen molar-refractivity contribution in [1.82, 2.24) is 0 Å². The highest BCUT2D eigenvalue weighted by Crippen LogP contribution is 2.47. The van der Waals surface area contributed by atoms with Crippen LogP contribution in [0.15, 0.2) is 24.3 Å². The molecular formula is C11H16NO4P. The molecule has 1 amide bonds. The smallest absolute Gasteiger partial charge is 0.378 e. The van der Waals surface area contributed by atoms with Crippen molar-refractivity contribution < 1.29 is 18.4 Å². The van der Waals surface area contributed by atoms with E-state index in [0.29, 0.717) is 24.1 Å². The first-order valence-electron chi connectivity index (χ1n) is 5.34. The Labute approximate surface area is 100 Å². The lowest BCUT2D eigenvalue weighted by molar-refractivity contribution is 0.100. The van der Waals surface area contributed by atoms with Gasteiger partial charge in [0.2, 0.25) is 5.91 Å². The van der Waals surface area contributed by atoms with Gasteiger partial charge >= 0.3 is 7.60 Å². The summed E-state index contributed by atoms with van der Waals surface area (Å²) in [6.45, 7) is 3.81. The van der Waals surface area contributed by atoms with Crippen LogP contribution in [0.3, 0.4) is 0 Å². The molecule has 2 N–H and O–H groups in total. The van der Waals surface area contributed by atoms with Gasteiger partial charge in [-0.1, -0.05) is 6.92 Å². The quantitative estimate of drug-likeness (QED) is 0.794. The predicted octanol–water partition coefficient (Wildman–Crippen LogP) is 2.41. The van der Waals surface area contributed by atoms with Crippen molar-refractivity contribution >= 4 is 13.5 Å². The molecule has 0 aromatic heterocycles. The lowest BCUT2D eigenvalue weighted by Gasteiger charge is -2.16. The number of carbonyl (C=O) groups is 1. The van der Waals surface area contributed by atoms with E-state index in [1.54, 1.807) is 26.0 Å². The molecule has 0 saturated heterocycles. The summed E-state index contributed by atoms with van der Waals surface area (Å²) in [7, 11) is -3.08. The normalized spacial score (nSPS) is 14.0. The van der Waals surface area contributed by atoms with Crippen molar-refractivity contribution in [3.8, 4) is 5.75 Å². The fraction of sp³-hybridized carbons (Fsp3) is 0.364. The summed E-state index contributed by atoms with van der Waals surface area (Å²) in [6.07, 6.45) is 0.290. The number of amides is 1. The van der Waals surface area contributed by atoms with E-state index in [2.05, 4.69) is 0 Å². The third-order valence-electron chi connectivity index (χ3n) is 2.10. The molecule has 94 valence electrons. The zero-order valence-electron chi connectivity index (χ0n) is 9.88. The Bertz CT molecular complexity index is 430. The van der Waals surface area contributed by atoms with Crippen LogP contribution in [0.5, 0.6) is 5.75 Å². The molecule has 0 spiro atoms. The van der Waals surface area contributed by atoms with Crippen molar-refractivity contribution in [2.75, 3.05) is 12.8 Å². The number of carbonyl (C=O) groups excluding carboxylic acids is 1. The van der Waals surface area contributed by atoms with Crippen molar-refractivity contribution in [3.05, 3.63) is 29.8 Å². The zero-order valence-corrected chi connectivity index (χ0v) is 10.8. The minimum atomic E-state index is -3.08. The monoisotopic (exact) mass is 257 g/mol. The highest BCUT2D eigenvalue weighted by Gasteiger charge is 2.22. The Morgan fingerprint density at radius 3 is 2.29 bits per heavy atom. The maximum absolute atomic E-state index is 12.0. The first-order valence-corrected chi connectivity index (χ1v) is 7.06. The molecule has 1 atom stereocenters. The average molecular weight is 257 g/mol. The summed E-state index contributed by atoms with van der Waals surface area (Å²) >= 11 is 0. The van der Waals surface area contributed by atoms with Gasteiger partial charge in [-0.25, -0.2) is 4.57 Å². The van der Waals surface area contributed by atoms with Gasteiger partial charge in [0.25, 0.3) is 0 Å². The van der Waals surface area contributed by atoms with E-state index in [1.807, 2.05) is 0 Å². The van der Waals surface area contributed by atoms with E-state index in [-0.39, 0.29) is 0 Å². The summed E-state index contributed by atoms with van der Waals surface area (Å²) in [6, 6.07) is 6.12. The fourth-order valence-electron chi connectivity index (χ4n) is 1.22. The fourth-order valence-corrected chi connectivity index (χ4v) is 2.42. The van der Waals surface area contributed by atoms with E-state index < -0.39 is 13.5 Å². The number of rotatable bonds is 6. The summed E-state index contributed by atoms with van der Waals surface area (Å²) in [5, 5.41) is 0. The summed E-state index contributed by atoms with van der Waals surface area (Å²) in [5.41, 5.74) is 5.48. The molecule has 1 aromatic rings. The SMILES string of the molecule is CCOP(=O)(CC)Oc1ccc(C(N)=O)cc1. The van der Waals surface area contributed by atoms with E-state index in [0.717, 1.165) is 0 Å². The van der Waals surface area contributed by atoms with Gasteiger partial charge in [0.1, 0.15) is 5.75 Å². The summed E-state index contributed by atoms with van der Waals surface area (Å²) in [5.74, 6) is -0.117. The molecule has 1 rings (SSSR count). The van der Waals surface area contributed by atoms with Crippen LogP contribution in [-0.4, -0.2) is 18.7 Å². The van der Waals surface area contributed by atoms with Crippen LogP contribution in [-0.2, 0) is 9.09 Å². The number of benzene rings is 1. The Morgan fingerprint density at radius 2 is 1.88 bits per heavy atom. The largest absolute Gasteiger partial charge is 0.424 e. The highest BCUT2D eigenvalue weighted by molar-refractivity contribution is 7.54. The van der Waals surface area contributed by atoms with E-state index in [1.165, 1.54) is 12.1 Å². The zero-order chi connectivity index (χ0) is 12.9. The minimum absolute atomic E-state index is 0.290. The molecule has 0 radical (unpaired) electrons. The highest BCUT2D eigenvalue weighted by atomic mass is 31.2. The second-order valence-corrected chi connectivity index (χ2v) is 5.62. The number of hydrogen-bond donors (Lipinski definition) is 1. The Balaban J connectivity index is 2.81. The molecule has 0 saturated carbocycles. The van der Waals surface area contributed by atoms with Gasteiger partial charge in [0.15, 0.2) is 0 Å². The van der Waals surface area contributed by atoms with Gasteiger partial charge in [0, 0.05) is 5.56 Å². The van der Waals surface area contributed by atoms with Crippen molar-refractivity contribution in [2.45, 2.75) is 13.8 Å². The van der Waals surface area contributed by atoms with Gasteiger partial charge < -0.3 is 14.8 Å². The van der Waals surface area contributed by atoms with Crippen molar-refractivity contribution in [1.29, 1.82) is 0 Å². The Morgan fingerprint density at radius 1 is 1.29 bits per heavy atom. The molecule has 1 aromatic carbocycles. The first kappa shape index (κ1) is 13.7. The molecular weight excluding hydrogens is 241 g/mol. The molecule has 6 heteroatoms. The second kappa shape index (κ2) is 5.84. The van der Waals surface area contributed by atoms with Crippen LogP contribution in [0.1, 0.15) is 24.2 Å². The molecule has 1 unspecified atom stereocenters. The van der Waals surface area contributed by atoms with Gasteiger partial charge in [-0.15, -0.1) is 0 Å². The maximum atomic E-state index is 12.0. The number of nitrogens with two attached hydrogens (primary N) is 1. The van der Waals surface area contributed by atoms with E-state index in [4.69, 9.17) is 14.8 Å². The summed E-state index contributed by atoms with van der Waals surface area (Å²) in [4.78, 5) is 10.9. The van der Waals surface area contributed by atoms with Crippen LogP contribution in [0.2, 0.25) is 0 Å². The molecule has 5 nitrogen and oxygen atoms in total. The lowest BCUT2D eigenvalue weighted by Crippen LogP contribution is -2.10. The topological polar surface area (TPSA) is 78.6 Å². The van der Waals surface area contributed by atoms with E-state index >= 15 is 0 Å². The summed E-state index contributed by atoms with van der Waals surface area (Å²) < 4.78 is 22.4. The standard InChI is InChI=1S/C11H16NO4P/c1-3-15-17(14,4-2)16-10-7-5-9(6-8-10)11(12)13/h5-8H,3-4H2,1-2H3,(H2,12,13). The molecule has 0 aliphatic rings. The Kier molecular flexibility index (Phi) is 4.73. The molecule has 0 heterocycles. The number of primary amides is 1. The van der Waals surface area contributed by atoms with Crippen LogP contribution in [0.4, 0.5) is 0 Å². The Hall–Kier alpha value is -1.32. The third kappa shape index (κ3) is 3.88. The minimum Gasteiger partial charge on any atom is -0.424 e. The third-order valence-corrected chi connectivity index (χ3v) is 4.01. The number of hydrogen-bond acceptors (Lipinski definition) is 4. The molecule has 0 aliphatic heterocycles. The van der Waals surface area contributed by atoms with Crippen LogP contribution in [0.25, 0.3) is 0 Å². The molecule has 17 heavy (non-hydrogen) atoms. The van der Waals surface area contributed by atoms with Crippen LogP contribution in [0, 0.1) is 0 Å². The average Bonchev–Trinajstić information content (AvgIpc) is 2.30. The van der Waals surface area contributed by atoms with Crippen molar-refractivity contribution in [3.63, 3.8) is 0 Å².